The van der Waals surface area contributed by atoms with Crippen LogP contribution in [0.25, 0.3) is 23.0 Å². The summed E-state index contributed by atoms with van der Waals surface area (Å²) in [5.74, 6) is 0.625. The average Bonchev–Trinajstić information content (AvgIpc) is 3.34. The van der Waals surface area contributed by atoms with Gasteiger partial charge < -0.3 is 9.47 Å². The Morgan fingerprint density at radius 3 is 2.68 bits per heavy atom. The molecule has 1 aromatic heterocycles. The monoisotopic (exact) mass is 451 g/mol. The van der Waals surface area contributed by atoms with Gasteiger partial charge in [-0.05, 0) is 30.3 Å². The molecular weight excluding hydrogens is 430 g/mol. The lowest BCUT2D eigenvalue weighted by molar-refractivity contribution is -0.122. The maximum absolute atomic E-state index is 12.9. The highest BCUT2D eigenvalue weighted by atomic mass is 32.2. The number of hydrogen-bond donors (Lipinski definition) is 0. The predicted molar refractivity (Wildman–Crippen MR) is 127 cm³/mol. The number of carbonyl (C=O) groups is 1. The van der Waals surface area contributed by atoms with Gasteiger partial charge in [0.1, 0.15) is 15.8 Å². The molecule has 0 saturated carbocycles. The van der Waals surface area contributed by atoms with E-state index >= 15 is 0 Å². The molecule has 0 bridgehead atoms. The Morgan fingerprint density at radius 2 is 1.94 bits per heavy atom. The summed E-state index contributed by atoms with van der Waals surface area (Å²) in [6.07, 6.45) is 3.78. The smallest absolute Gasteiger partial charge is 0.266 e. The maximum Gasteiger partial charge on any atom is 0.266 e. The van der Waals surface area contributed by atoms with Crippen molar-refractivity contribution in [3.05, 3.63) is 71.3 Å². The zero-order valence-corrected chi connectivity index (χ0v) is 18.8. The lowest BCUT2D eigenvalue weighted by Crippen LogP contribution is -2.31. The van der Waals surface area contributed by atoms with Gasteiger partial charge in [0.15, 0.2) is 0 Å². The minimum absolute atomic E-state index is 0.115. The highest BCUT2D eigenvalue weighted by Gasteiger charge is 2.32. The van der Waals surface area contributed by atoms with E-state index in [1.807, 2.05) is 71.6 Å². The van der Waals surface area contributed by atoms with Crippen LogP contribution in [-0.4, -0.2) is 52.3 Å². The third-order valence-corrected chi connectivity index (χ3v) is 6.16. The van der Waals surface area contributed by atoms with Gasteiger partial charge in [0.2, 0.25) is 0 Å². The van der Waals surface area contributed by atoms with Gasteiger partial charge in [-0.3, -0.25) is 9.69 Å². The number of nitrogens with zero attached hydrogens (tertiary/aromatic N) is 3. The fraction of sp³-hybridized carbons (Fsp3) is 0.174. The molecule has 1 saturated heterocycles. The Hall–Kier alpha value is -2.94. The number of hydrogen-bond acceptors (Lipinski definition) is 6. The Morgan fingerprint density at radius 1 is 1.13 bits per heavy atom. The van der Waals surface area contributed by atoms with Crippen molar-refractivity contribution < 1.29 is 14.3 Å². The number of rotatable bonds is 7. The number of amides is 1. The molecule has 4 rings (SSSR count). The number of carbonyl (C=O) groups excluding carboxylic acids is 1. The predicted octanol–water partition coefficient (Wildman–Crippen LogP) is 4.40. The standard InChI is InChI=1S/C23H21N3O3S2/c1-28-12-11-25-22(27)20(31-23(25)30)14-17-15-26(18-8-4-3-5-9-18)24-21(17)16-7-6-10-19(13-16)29-2/h3-10,13-15H,11-12H2,1-2H3/b20-14-. The molecule has 8 heteroatoms. The van der Waals surface area contributed by atoms with Crippen LogP contribution in [0.1, 0.15) is 5.56 Å². The molecule has 0 N–H and O–H groups in total. The van der Waals surface area contributed by atoms with Gasteiger partial charge in [-0.1, -0.05) is 54.3 Å². The van der Waals surface area contributed by atoms with Crippen molar-refractivity contribution in [3.8, 4) is 22.7 Å². The summed E-state index contributed by atoms with van der Waals surface area (Å²) in [4.78, 5) is 15.0. The third-order valence-electron chi connectivity index (χ3n) is 4.79. The van der Waals surface area contributed by atoms with Crippen LogP contribution in [0.2, 0.25) is 0 Å². The summed E-state index contributed by atoms with van der Waals surface area (Å²) in [5, 5.41) is 4.81. The second-order valence-electron chi connectivity index (χ2n) is 6.77. The number of ether oxygens (including phenoxy) is 2. The zero-order chi connectivity index (χ0) is 21.8. The fourth-order valence-electron chi connectivity index (χ4n) is 3.22. The number of benzene rings is 2. The van der Waals surface area contributed by atoms with Crippen molar-refractivity contribution in [2.45, 2.75) is 0 Å². The molecule has 2 heterocycles. The highest BCUT2D eigenvalue weighted by molar-refractivity contribution is 8.26. The molecule has 0 atom stereocenters. The molecule has 0 radical (unpaired) electrons. The normalized spacial score (nSPS) is 15.2. The van der Waals surface area contributed by atoms with Crippen molar-refractivity contribution in [2.24, 2.45) is 0 Å². The Bertz CT molecular complexity index is 1140. The molecular formula is C23H21N3O3S2. The molecule has 0 spiro atoms. The van der Waals surface area contributed by atoms with Crippen LogP contribution in [0.3, 0.4) is 0 Å². The molecule has 31 heavy (non-hydrogen) atoms. The zero-order valence-electron chi connectivity index (χ0n) is 17.1. The summed E-state index contributed by atoms with van der Waals surface area (Å²) in [6, 6.07) is 17.6. The van der Waals surface area contributed by atoms with Crippen molar-refractivity contribution in [2.75, 3.05) is 27.4 Å². The van der Waals surface area contributed by atoms with E-state index in [9.17, 15) is 4.79 Å². The van der Waals surface area contributed by atoms with Crippen molar-refractivity contribution in [1.82, 2.24) is 14.7 Å². The lowest BCUT2D eigenvalue weighted by atomic mass is 10.1. The van der Waals surface area contributed by atoms with Crippen LogP contribution < -0.4 is 4.74 Å². The van der Waals surface area contributed by atoms with Crippen molar-refractivity contribution in [1.29, 1.82) is 0 Å². The molecule has 0 unspecified atom stereocenters. The van der Waals surface area contributed by atoms with E-state index in [1.54, 1.807) is 19.1 Å². The summed E-state index contributed by atoms with van der Waals surface area (Å²) >= 11 is 6.69. The highest BCUT2D eigenvalue weighted by Crippen LogP contribution is 2.35. The molecule has 2 aromatic carbocycles. The first-order chi connectivity index (χ1) is 15.1. The number of aromatic nitrogens is 2. The largest absolute Gasteiger partial charge is 0.497 e. The van der Waals surface area contributed by atoms with Crippen LogP contribution in [0, 0.1) is 0 Å². The van der Waals surface area contributed by atoms with Gasteiger partial charge in [0.05, 0.1) is 30.9 Å². The van der Waals surface area contributed by atoms with Crippen LogP contribution >= 0.6 is 24.0 Å². The summed E-state index contributed by atoms with van der Waals surface area (Å²) in [7, 11) is 3.24. The van der Waals surface area contributed by atoms with E-state index in [0.717, 1.165) is 28.3 Å². The third kappa shape index (κ3) is 4.56. The summed E-state index contributed by atoms with van der Waals surface area (Å²) < 4.78 is 12.8. The fourth-order valence-corrected chi connectivity index (χ4v) is 4.52. The topological polar surface area (TPSA) is 56.6 Å². The van der Waals surface area contributed by atoms with Gasteiger partial charge in [-0.15, -0.1) is 0 Å². The minimum atomic E-state index is -0.115. The number of thiocarbonyl (C=S) groups is 1. The number of para-hydroxylation sites is 1. The summed E-state index contributed by atoms with van der Waals surface area (Å²) in [6.45, 7) is 0.866. The molecule has 1 fully saturated rings. The minimum Gasteiger partial charge on any atom is -0.497 e. The SMILES string of the molecule is COCCN1C(=O)/C(=C/c2cn(-c3ccccc3)nc2-c2cccc(OC)c2)SC1=S. The van der Waals surface area contributed by atoms with Crippen molar-refractivity contribution in [3.63, 3.8) is 0 Å². The van der Waals surface area contributed by atoms with Gasteiger partial charge in [0, 0.05) is 24.4 Å². The maximum atomic E-state index is 12.9. The van der Waals surface area contributed by atoms with E-state index in [4.69, 9.17) is 26.8 Å². The first-order valence-corrected chi connectivity index (χ1v) is 10.9. The second kappa shape index (κ2) is 9.47. The average molecular weight is 452 g/mol. The molecule has 1 aliphatic rings. The van der Waals surface area contributed by atoms with Crippen LogP contribution in [0.15, 0.2) is 65.7 Å². The molecule has 0 aliphatic carbocycles. The molecule has 3 aromatic rings. The Labute approximate surface area is 190 Å². The Balaban J connectivity index is 1.77. The van der Waals surface area contributed by atoms with E-state index in [-0.39, 0.29) is 5.91 Å². The lowest BCUT2D eigenvalue weighted by Gasteiger charge is -2.12. The molecule has 6 nitrogen and oxygen atoms in total. The first kappa shape index (κ1) is 21.3. The molecule has 158 valence electrons. The van der Waals surface area contributed by atoms with Gasteiger partial charge in [0.25, 0.3) is 5.91 Å². The van der Waals surface area contributed by atoms with Gasteiger partial charge in [-0.2, -0.15) is 5.10 Å². The van der Waals surface area contributed by atoms with Crippen molar-refractivity contribution >= 4 is 40.3 Å². The molecule has 1 amide bonds. The second-order valence-corrected chi connectivity index (χ2v) is 8.45. The number of thioether (sulfide) groups is 1. The Kier molecular flexibility index (Phi) is 6.50. The van der Waals surface area contributed by atoms with E-state index in [1.165, 1.54) is 11.8 Å². The molecule has 1 aliphatic heterocycles. The number of methoxy groups -OCH3 is 2. The van der Waals surface area contributed by atoms with E-state index in [0.29, 0.717) is 22.4 Å². The quantitative estimate of drug-likeness (QED) is 0.392. The van der Waals surface area contributed by atoms with E-state index in [2.05, 4.69) is 0 Å². The van der Waals surface area contributed by atoms with Gasteiger partial charge in [-0.25, -0.2) is 4.68 Å². The van der Waals surface area contributed by atoms with Gasteiger partial charge >= 0.3 is 0 Å². The van der Waals surface area contributed by atoms with E-state index < -0.39 is 0 Å². The van der Waals surface area contributed by atoms with Crippen LogP contribution in [0.4, 0.5) is 0 Å². The first-order valence-electron chi connectivity index (χ1n) is 9.64. The summed E-state index contributed by atoms with van der Waals surface area (Å²) in [5.41, 5.74) is 3.41. The van der Waals surface area contributed by atoms with Crippen LogP contribution in [0.5, 0.6) is 5.75 Å². The van der Waals surface area contributed by atoms with Crippen LogP contribution in [-0.2, 0) is 9.53 Å².